The molecule has 0 radical (unpaired) electrons. The van der Waals surface area contributed by atoms with Gasteiger partial charge in [-0.1, -0.05) is 22.0 Å². The predicted octanol–water partition coefficient (Wildman–Crippen LogP) is 1.23. The maximum atomic E-state index is 11.0. The average Bonchev–Trinajstić information content (AvgIpc) is 2.78. The van der Waals surface area contributed by atoms with Crippen molar-refractivity contribution in [2.45, 2.75) is 6.61 Å². The first-order valence-corrected chi connectivity index (χ1v) is 5.65. The molecule has 1 amide bonds. The summed E-state index contributed by atoms with van der Waals surface area (Å²) in [5.41, 5.74) is 6.90. The summed E-state index contributed by atoms with van der Waals surface area (Å²) in [5.74, 6) is -0.531. The highest BCUT2D eigenvalue weighted by atomic mass is 79.9. The molecule has 0 atom stereocenters. The number of halogens is 1. The molecular formula is C11H10BrN3O2. The molecule has 1 heterocycles. The number of carbonyl (C=O) groups excluding carboxylic acids is 1. The van der Waals surface area contributed by atoms with Crippen molar-refractivity contribution in [1.29, 1.82) is 0 Å². The number of aromatic nitrogens is 2. The standard InChI is InChI=1S/C11H10BrN3O2/c12-9-2-1-7(6-16)10(3-9)15-5-8(4-14-15)11(13)17/h1-5,16H,6H2,(H2,13,17). The number of benzene rings is 1. The van der Waals surface area contributed by atoms with Gasteiger partial charge in [0.2, 0.25) is 0 Å². The Balaban J connectivity index is 2.51. The fraction of sp³-hybridized carbons (Fsp3) is 0.0909. The van der Waals surface area contributed by atoms with Crippen LogP contribution in [0.1, 0.15) is 15.9 Å². The molecule has 6 heteroatoms. The SMILES string of the molecule is NC(=O)c1cnn(-c2cc(Br)ccc2CO)c1. The Hall–Kier alpha value is -1.66. The molecule has 0 unspecified atom stereocenters. The zero-order valence-corrected chi connectivity index (χ0v) is 10.4. The van der Waals surface area contributed by atoms with Gasteiger partial charge < -0.3 is 10.8 Å². The largest absolute Gasteiger partial charge is 0.392 e. The Morgan fingerprint density at radius 1 is 1.53 bits per heavy atom. The number of hydrogen-bond acceptors (Lipinski definition) is 3. The van der Waals surface area contributed by atoms with Crippen LogP contribution >= 0.6 is 15.9 Å². The topological polar surface area (TPSA) is 81.1 Å². The summed E-state index contributed by atoms with van der Waals surface area (Å²) in [6, 6.07) is 5.42. The molecule has 1 aromatic carbocycles. The lowest BCUT2D eigenvalue weighted by molar-refractivity contribution is 0.100. The number of aliphatic hydroxyl groups excluding tert-OH is 1. The maximum absolute atomic E-state index is 11.0. The number of nitrogens with two attached hydrogens (primary N) is 1. The molecule has 0 saturated carbocycles. The maximum Gasteiger partial charge on any atom is 0.251 e. The zero-order valence-electron chi connectivity index (χ0n) is 8.80. The highest BCUT2D eigenvalue weighted by Crippen LogP contribution is 2.20. The van der Waals surface area contributed by atoms with E-state index < -0.39 is 5.91 Å². The van der Waals surface area contributed by atoms with Gasteiger partial charge in [0.1, 0.15) is 0 Å². The normalized spacial score (nSPS) is 10.5. The van der Waals surface area contributed by atoms with Crippen LogP contribution in [0.15, 0.2) is 35.1 Å². The first kappa shape index (κ1) is 11.8. The Morgan fingerprint density at radius 3 is 2.88 bits per heavy atom. The number of rotatable bonds is 3. The summed E-state index contributed by atoms with van der Waals surface area (Å²) in [5, 5.41) is 13.3. The molecule has 0 aliphatic carbocycles. The van der Waals surface area contributed by atoms with Crippen molar-refractivity contribution < 1.29 is 9.90 Å². The van der Waals surface area contributed by atoms with Gasteiger partial charge in [0.25, 0.3) is 5.91 Å². The molecule has 0 aliphatic heterocycles. The number of primary amides is 1. The first-order valence-electron chi connectivity index (χ1n) is 4.86. The van der Waals surface area contributed by atoms with Crippen molar-refractivity contribution >= 4 is 21.8 Å². The van der Waals surface area contributed by atoms with E-state index in [0.717, 1.165) is 4.47 Å². The van der Waals surface area contributed by atoms with Gasteiger partial charge in [0.05, 0.1) is 24.1 Å². The smallest absolute Gasteiger partial charge is 0.251 e. The van der Waals surface area contributed by atoms with Gasteiger partial charge >= 0.3 is 0 Å². The fourth-order valence-corrected chi connectivity index (χ4v) is 1.81. The molecule has 88 valence electrons. The monoisotopic (exact) mass is 295 g/mol. The minimum absolute atomic E-state index is 0.103. The minimum Gasteiger partial charge on any atom is -0.392 e. The molecule has 5 nitrogen and oxygen atoms in total. The molecule has 3 N–H and O–H groups in total. The van der Waals surface area contributed by atoms with Crippen molar-refractivity contribution in [2.75, 3.05) is 0 Å². The Morgan fingerprint density at radius 2 is 2.29 bits per heavy atom. The number of hydrogen-bond donors (Lipinski definition) is 2. The third-order valence-corrected chi connectivity index (χ3v) is 2.82. The van der Waals surface area contributed by atoms with E-state index in [9.17, 15) is 9.90 Å². The van der Waals surface area contributed by atoms with E-state index in [0.29, 0.717) is 16.8 Å². The van der Waals surface area contributed by atoms with Crippen LogP contribution in [0.4, 0.5) is 0 Å². The van der Waals surface area contributed by atoms with Crippen molar-refractivity contribution in [1.82, 2.24) is 9.78 Å². The van der Waals surface area contributed by atoms with Crippen molar-refractivity contribution in [3.05, 3.63) is 46.2 Å². The van der Waals surface area contributed by atoms with Crippen LogP contribution in [0.2, 0.25) is 0 Å². The van der Waals surface area contributed by atoms with Gasteiger partial charge in [-0.05, 0) is 12.1 Å². The predicted molar refractivity (Wildman–Crippen MR) is 65.7 cm³/mol. The van der Waals surface area contributed by atoms with Crippen LogP contribution in [0.25, 0.3) is 5.69 Å². The summed E-state index contributed by atoms with van der Waals surface area (Å²) < 4.78 is 2.37. The second kappa shape index (κ2) is 4.68. The summed E-state index contributed by atoms with van der Waals surface area (Å²) in [6.07, 6.45) is 2.92. The second-order valence-corrected chi connectivity index (χ2v) is 4.38. The van der Waals surface area contributed by atoms with Crippen LogP contribution in [0, 0.1) is 0 Å². The van der Waals surface area contributed by atoms with E-state index in [-0.39, 0.29) is 6.61 Å². The fourth-order valence-electron chi connectivity index (χ4n) is 1.47. The van der Waals surface area contributed by atoms with E-state index in [2.05, 4.69) is 21.0 Å². The van der Waals surface area contributed by atoms with Gasteiger partial charge in [-0.2, -0.15) is 5.10 Å². The molecule has 2 rings (SSSR count). The number of nitrogens with zero attached hydrogens (tertiary/aromatic N) is 2. The summed E-state index contributed by atoms with van der Waals surface area (Å²) >= 11 is 3.34. The Bertz CT molecular complexity index is 566. The molecule has 2 aromatic rings. The first-order chi connectivity index (χ1) is 8.11. The van der Waals surface area contributed by atoms with E-state index in [4.69, 9.17) is 5.73 Å². The average molecular weight is 296 g/mol. The van der Waals surface area contributed by atoms with Gasteiger partial charge in [-0.25, -0.2) is 4.68 Å². The van der Waals surface area contributed by atoms with Crippen LogP contribution in [-0.4, -0.2) is 20.8 Å². The zero-order chi connectivity index (χ0) is 12.4. The summed E-state index contributed by atoms with van der Waals surface area (Å²) in [6.45, 7) is -0.103. The Labute approximate surface area is 106 Å². The van der Waals surface area contributed by atoms with Gasteiger partial charge in [0, 0.05) is 16.2 Å². The molecule has 0 bridgehead atoms. The van der Waals surface area contributed by atoms with Gasteiger partial charge in [-0.3, -0.25) is 4.79 Å². The number of aliphatic hydroxyl groups is 1. The third-order valence-electron chi connectivity index (χ3n) is 2.33. The summed E-state index contributed by atoms with van der Waals surface area (Å²) in [7, 11) is 0. The number of amides is 1. The number of carbonyl (C=O) groups is 1. The molecular weight excluding hydrogens is 286 g/mol. The lowest BCUT2D eigenvalue weighted by Crippen LogP contribution is -2.09. The molecule has 0 fully saturated rings. The van der Waals surface area contributed by atoms with Crippen LogP contribution < -0.4 is 5.73 Å². The highest BCUT2D eigenvalue weighted by Gasteiger charge is 2.09. The molecule has 0 aliphatic rings. The molecule has 0 saturated heterocycles. The minimum atomic E-state index is -0.531. The lowest BCUT2D eigenvalue weighted by Gasteiger charge is -2.07. The van der Waals surface area contributed by atoms with Crippen LogP contribution in [0.3, 0.4) is 0 Å². The van der Waals surface area contributed by atoms with Crippen molar-refractivity contribution in [3.63, 3.8) is 0 Å². The lowest BCUT2D eigenvalue weighted by atomic mass is 10.2. The van der Waals surface area contributed by atoms with Crippen molar-refractivity contribution in [2.24, 2.45) is 5.73 Å². The van der Waals surface area contributed by atoms with Gasteiger partial charge in [0.15, 0.2) is 0 Å². The van der Waals surface area contributed by atoms with Crippen LogP contribution in [-0.2, 0) is 6.61 Å². The molecule has 0 spiro atoms. The summed E-state index contributed by atoms with van der Waals surface area (Å²) in [4.78, 5) is 11.0. The quantitative estimate of drug-likeness (QED) is 0.893. The Kier molecular flexibility index (Phi) is 3.26. The highest BCUT2D eigenvalue weighted by molar-refractivity contribution is 9.10. The second-order valence-electron chi connectivity index (χ2n) is 3.47. The van der Waals surface area contributed by atoms with Gasteiger partial charge in [-0.15, -0.1) is 0 Å². The molecule has 1 aromatic heterocycles. The van der Waals surface area contributed by atoms with Crippen LogP contribution in [0.5, 0.6) is 0 Å². The van der Waals surface area contributed by atoms with Crippen molar-refractivity contribution in [3.8, 4) is 5.69 Å². The van der Waals surface area contributed by atoms with E-state index in [1.807, 2.05) is 12.1 Å². The molecule has 17 heavy (non-hydrogen) atoms. The van der Waals surface area contributed by atoms with E-state index in [1.165, 1.54) is 17.1 Å². The third kappa shape index (κ3) is 2.37. The van der Waals surface area contributed by atoms with E-state index >= 15 is 0 Å². The van der Waals surface area contributed by atoms with E-state index in [1.54, 1.807) is 6.07 Å².